The first kappa shape index (κ1) is 11.0. The predicted molar refractivity (Wildman–Crippen MR) is 59.2 cm³/mol. The molecule has 0 fully saturated rings. The Morgan fingerprint density at radius 2 is 2.18 bits per heavy atom. The maximum Gasteiger partial charge on any atom is 0.303 e. The van der Waals surface area contributed by atoms with Crippen molar-refractivity contribution in [1.29, 1.82) is 5.26 Å². The van der Waals surface area contributed by atoms with Crippen LogP contribution in [-0.4, -0.2) is 5.97 Å². The van der Waals surface area contributed by atoms with Gasteiger partial charge in [0.1, 0.15) is 6.07 Å². The minimum Gasteiger partial charge on any atom is -0.453 e. The molecule has 0 saturated heterocycles. The molecule has 2 rings (SSSR count). The van der Waals surface area contributed by atoms with Crippen LogP contribution < -0.4 is 0 Å². The molecular formula is C12H9N3O2. The Morgan fingerprint density at radius 1 is 1.41 bits per heavy atom. The van der Waals surface area contributed by atoms with Gasteiger partial charge in [0, 0.05) is 12.5 Å². The second-order valence-corrected chi connectivity index (χ2v) is 3.45. The number of fused-ring (bicyclic) bond motifs is 1. The van der Waals surface area contributed by atoms with E-state index >= 15 is 0 Å². The van der Waals surface area contributed by atoms with Gasteiger partial charge in [0.25, 0.3) is 0 Å². The van der Waals surface area contributed by atoms with Crippen molar-refractivity contribution in [1.82, 2.24) is 0 Å². The number of carbonyl (C=O) groups excluding carboxylic acids is 1. The number of benzene rings is 1. The molecule has 0 spiro atoms. The first-order valence-electron chi connectivity index (χ1n) is 5.00. The largest absolute Gasteiger partial charge is 0.453 e. The van der Waals surface area contributed by atoms with Crippen molar-refractivity contribution in [2.45, 2.75) is 13.0 Å². The highest BCUT2D eigenvalue weighted by Gasteiger charge is 2.19. The zero-order valence-electron chi connectivity index (χ0n) is 9.12. The first-order valence-corrected chi connectivity index (χ1v) is 5.00. The van der Waals surface area contributed by atoms with E-state index in [9.17, 15) is 4.79 Å². The summed E-state index contributed by atoms with van der Waals surface area (Å²) in [6.07, 6.45) is 0.866. The number of carbonyl (C=O) groups is 1. The summed E-state index contributed by atoms with van der Waals surface area (Å²) in [5.74, 6) is -0.416. The topological polar surface area (TPSA) is 74.8 Å². The lowest BCUT2D eigenvalue weighted by molar-refractivity contribution is -0.144. The molecule has 84 valence electrons. The Morgan fingerprint density at radius 3 is 2.88 bits per heavy atom. The van der Waals surface area contributed by atoms with E-state index in [2.05, 4.69) is 10.2 Å². The second kappa shape index (κ2) is 4.58. The summed E-state index contributed by atoms with van der Waals surface area (Å²) in [6.45, 7) is 1.32. The van der Waals surface area contributed by atoms with Crippen LogP contribution in [0.15, 0.2) is 46.3 Å². The molecule has 1 unspecified atom stereocenters. The summed E-state index contributed by atoms with van der Waals surface area (Å²) in [6, 6.07) is 9.06. The maximum atomic E-state index is 11.0. The third-order valence-corrected chi connectivity index (χ3v) is 2.23. The van der Waals surface area contributed by atoms with Crippen LogP contribution in [0.4, 0.5) is 5.69 Å². The van der Waals surface area contributed by atoms with Gasteiger partial charge in [0.15, 0.2) is 11.8 Å². The lowest BCUT2D eigenvalue weighted by Gasteiger charge is -2.13. The SMILES string of the molecule is CC(=O)OC1C=C(C#N)N=Nc2ccccc21. The van der Waals surface area contributed by atoms with Crippen LogP contribution in [0.25, 0.3) is 0 Å². The quantitative estimate of drug-likeness (QED) is 0.692. The molecule has 0 amide bonds. The average molecular weight is 227 g/mol. The Balaban J connectivity index is 2.49. The van der Waals surface area contributed by atoms with E-state index in [-0.39, 0.29) is 5.70 Å². The lowest BCUT2D eigenvalue weighted by atomic mass is 10.1. The van der Waals surface area contributed by atoms with E-state index in [1.807, 2.05) is 12.1 Å². The lowest BCUT2D eigenvalue weighted by Crippen LogP contribution is -2.06. The van der Waals surface area contributed by atoms with Crippen molar-refractivity contribution in [3.8, 4) is 6.07 Å². The van der Waals surface area contributed by atoms with Crippen LogP contribution >= 0.6 is 0 Å². The van der Waals surface area contributed by atoms with Crippen molar-refractivity contribution in [2.75, 3.05) is 0 Å². The smallest absolute Gasteiger partial charge is 0.303 e. The summed E-state index contributed by atoms with van der Waals surface area (Å²) in [5.41, 5.74) is 1.45. The van der Waals surface area contributed by atoms with Crippen LogP contribution in [0.5, 0.6) is 0 Å². The average Bonchev–Trinajstić information content (AvgIpc) is 2.49. The molecule has 0 aromatic heterocycles. The Bertz CT molecular complexity index is 555. The van der Waals surface area contributed by atoms with Gasteiger partial charge in [-0.05, 0) is 12.1 Å². The van der Waals surface area contributed by atoms with Gasteiger partial charge >= 0.3 is 5.97 Å². The standard InChI is InChI=1S/C12H9N3O2/c1-8(16)17-12-6-9(7-13)14-15-11-5-3-2-4-10(11)12/h2-6,12H,1H3. The zero-order chi connectivity index (χ0) is 12.3. The van der Waals surface area contributed by atoms with Gasteiger partial charge in [0.2, 0.25) is 0 Å². The van der Waals surface area contributed by atoms with Gasteiger partial charge in [0.05, 0.1) is 5.69 Å². The predicted octanol–water partition coefficient (Wildman–Crippen LogP) is 2.80. The fraction of sp³-hybridized carbons (Fsp3) is 0.167. The van der Waals surface area contributed by atoms with Gasteiger partial charge in [-0.3, -0.25) is 4.79 Å². The number of rotatable bonds is 1. The third-order valence-electron chi connectivity index (χ3n) is 2.23. The van der Waals surface area contributed by atoms with Crippen LogP contribution in [0.1, 0.15) is 18.6 Å². The number of nitriles is 1. The molecule has 1 heterocycles. The number of hydrogen-bond donors (Lipinski definition) is 0. The van der Waals surface area contributed by atoms with Gasteiger partial charge in [-0.2, -0.15) is 5.26 Å². The second-order valence-electron chi connectivity index (χ2n) is 3.45. The van der Waals surface area contributed by atoms with Crippen molar-refractivity contribution in [3.05, 3.63) is 41.6 Å². The molecule has 0 radical (unpaired) electrons. The molecule has 5 heteroatoms. The molecular weight excluding hydrogens is 218 g/mol. The normalized spacial score (nSPS) is 17.4. The first-order chi connectivity index (χ1) is 8.20. The number of ether oxygens (including phenoxy) is 1. The van der Waals surface area contributed by atoms with Crippen molar-refractivity contribution in [3.63, 3.8) is 0 Å². The molecule has 1 aliphatic heterocycles. The zero-order valence-corrected chi connectivity index (χ0v) is 9.12. The monoisotopic (exact) mass is 227 g/mol. The number of hydrogen-bond acceptors (Lipinski definition) is 5. The summed E-state index contributed by atoms with van der Waals surface area (Å²) in [5, 5.41) is 16.5. The number of esters is 1. The molecule has 1 aromatic carbocycles. The maximum absolute atomic E-state index is 11.0. The fourth-order valence-electron chi connectivity index (χ4n) is 1.53. The number of nitrogens with zero attached hydrogens (tertiary/aromatic N) is 3. The van der Waals surface area contributed by atoms with Gasteiger partial charge < -0.3 is 4.74 Å². The molecule has 1 aliphatic rings. The minimum atomic E-state index is -0.617. The molecule has 0 bridgehead atoms. The summed E-state index contributed by atoms with van der Waals surface area (Å²) in [4.78, 5) is 11.0. The molecule has 0 saturated carbocycles. The van der Waals surface area contributed by atoms with Crippen LogP contribution in [0.3, 0.4) is 0 Å². The van der Waals surface area contributed by atoms with E-state index < -0.39 is 12.1 Å². The van der Waals surface area contributed by atoms with Crippen molar-refractivity contribution >= 4 is 11.7 Å². The van der Waals surface area contributed by atoms with Crippen molar-refractivity contribution < 1.29 is 9.53 Å². The van der Waals surface area contributed by atoms with Gasteiger partial charge in [-0.25, -0.2) is 0 Å². The van der Waals surface area contributed by atoms with Crippen LogP contribution in [-0.2, 0) is 9.53 Å². The molecule has 1 atom stereocenters. The van der Waals surface area contributed by atoms with Gasteiger partial charge in [-0.15, -0.1) is 10.2 Å². The van der Waals surface area contributed by atoms with E-state index in [1.165, 1.54) is 13.0 Å². The number of azo groups is 1. The molecule has 1 aromatic rings. The molecule has 0 aliphatic carbocycles. The van der Waals surface area contributed by atoms with E-state index in [4.69, 9.17) is 10.00 Å². The van der Waals surface area contributed by atoms with E-state index in [0.717, 1.165) is 5.56 Å². The molecule has 17 heavy (non-hydrogen) atoms. The number of allylic oxidation sites excluding steroid dienone is 1. The Labute approximate surface area is 98.0 Å². The Hall–Kier alpha value is -2.48. The highest BCUT2D eigenvalue weighted by Crippen LogP contribution is 2.32. The van der Waals surface area contributed by atoms with Crippen LogP contribution in [0.2, 0.25) is 0 Å². The highest BCUT2D eigenvalue weighted by molar-refractivity contribution is 5.67. The molecule has 5 nitrogen and oxygen atoms in total. The van der Waals surface area contributed by atoms with Crippen molar-refractivity contribution in [2.24, 2.45) is 10.2 Å². The summed E-state index contributed by atoms with van der Waals surface area (Å²) < 4.78 is 5.14. The van der Waals surface area contributed by atoms with Crippen LogP contribution in [0, 0.1) is 11.3 Å². The van der Waals surface area contributed by atoms with E-state index in [1.54, 1.807) is 18.2 Å². The van der Waals surface area contributed by atoms with E-state index in [0.29, 0.717) is 5.69 Å². The third kappa shape index (κ3) is 2.37. The fourth-order valence-corrected chi connectivity index (χ4v) is 1.53. The summed E-state index contributed by atoms with van der Waals surface area (Å²) >= 11 is 0. The molecule has 0 N–H and O–H groups in total. The Kier molecular flexibility index (Phi) is 2.97. The highest BCUT2D eigenvalue weighted by atomic mass is 16.5. The minimum absolute atomic E-state index is 0.132. The van der Waals surface area contributed by atoms with Gasteiger partial charge in [-0.1, -0.05) is 18.2 Å². The summed E-state index contributed by atoms with van der Waals surface area (Å²) in [7, 11) is 0.